The topological polar surface area (TPSA) is 108 Å². The minimum absolute atomic E-state index is 0.0315. The summed E-state index contributed by atoms with van der Waals surface area (Å²) in [4.78, 5) is 50.2. The number of hydrogen-bond acceptors (Lipinski definition) is 6. The van der Waals surface area contributed by atoms with Crippen molar-refractivity contribution in [1.82, 2.24) is 20.9 Å². The van der Waals surface area contributed by atoms with E-state index in [4.69, 9.17) is 0 Å². The fraction of sp³-hybridized carbons (Fsp3) is 0.474. The molecule has 3 heterocycles. The van der Waals surface area contributed by atoms with Crippen molar-refractivity contribution >= 4 is 23.6 Å². The normalized spacial score (nSPS) is 27.3. The lowest BCUT2D eigenvalue weighted by molar-refractivity contribution is -0.136. The second-order valence-corrected chi connectivity index (χ2v) is 7.36. The number of benzene rings is 1. The number of piperidine rings is 1. The molecule has 0 spiro atoms. The predicted molar refractivity (Wildman–Crippen MR) is 96.1 cm³/mol. The summed E-state index contributed by atoms with van der Waals surface area (Å²) in [6.07, 6.45) is -0.182. The number of hydrogen-bond donors (Lipinski definition) is 3. The van der Waals surface area contributed by atoms with Crippen molar-refractivity contribution in [3.05, 3.63) is 34.9 Å². The molecule has 0 radical (unpaired) electrons. The van der Waals surface area contributed by atoms with Crippen molar-refractivity contribution in [2.45, 2.75) is 44.1 Å². The van der Waals surface area contributed by atoms with Crippen molar-refractivity contribution in [3.63, 3.8) is 0 Å². The Kier molecular flexibility index (Phi) is 4.94. The molecule has 4 rings (SSSR count). The second-order valence-electron chi connectivity index (χ2n) is 7.36. The predicted octanol–water partition coefficient (Wildman–Crippen LogP) is -0.123. The van der Waals surface area contributed by atoms with Gasteiger partial charge < -0.3 is 10.6 Å². The molecule has 8 nitrogen and oxygen atoms in total. The molecule has 9 heteroatoms. The molecule has 3 atom stereocenters. The van der Waals surface area contributed by atoms with Crippen LogP contribution in [-0.4, -0.2) is 59.9 Å². The number of amides is 4. The highest BCUT2D eigenvalue weighted by atomic mass is 19.1. The van der Waals surface area contributed by atoms with Crippen molar-refractivity contribution in [1.29, 1.82) is 0 Å². The molecule has 3 aliphatic heterocycles. The summed E-state index contributed by atoms with van der Waals surface area (Å²) in [5.74, 6) is -2.07. The summed E-state index contributed by atoms with van der Waals surface area (Å²) in [6, 6.07) is 4.07. The number of carbonyl (C=O) groups is 4. The number of nitrogens with one attached hydrogen (secondary N) is 3. The third-order valence-electron chi connectivity index (χ3n) is 5.43. The maximum Gasteiger partial charge on any atom is 0.262 e. The third kappa shape index (κ3) is 3.31. The number of fused-ring (bicyclic) bond motifs is 1. The van der Waals surface area contributed by atoms with Gasteiger partial charge in [0.2, 0.25) is 11.8 Å². The SMILES string of the molecule is O=C1CCC(N2C(=O)c3cccc(CNC[C@@H]4C[C@@H](F)CN4)c3C2=O)C(=O)N1. The van der Waals surface area contributed by atoms with Gasteiger partial charge in [-0.2, -0.15) is 0 Å². The fourth-order valence-electron chi connectivity index (χ4n) is 4.04. The number of imide groups is 2. The van der Waals surface area contributed by atoms with E-state index in [2.05, 4.69) is 16.0 Å². The monoisotopic (exact) mass is 388 g/mol. The lowest BCUT2D eigenvalue weighted by Gasteiger charge is -2.27. The van der Waals surface area contributed by atoms with E-state index >= 15 is 0 Å². The number of carbonyl (C=O) groups excluding carboxylic acids is 4. The fourth-order valence-corrected chi connectivity index (χ4v) is 4.04. The zero-order valence-corrected chi connectivity index (χ0v) is 15.2. The molecule has 4 amide bonds. The highest BCUT2D eigenvalue weighted by molar-refractivity contribution is 6.24. The van der Waals surface area contributed by atoms with Crippen molar-refractivity contribution in [2.24, 2.45) is 0 Å². The molecular formula is C19H21FN4O4. The zero-order chi connectivity index (χ0) is 19.8. The first kappa shape index (κ1) is 18.7. The van der Waals surface area contributed by atoms with E-state index in [1.807, 2.05) is 0 Å². The van der Waals surface area contributed by atoms with Crippen LogP contribution < -0.4 is 16.0 Å². The molecule has 3 aliphatic rings. The van der Waals surface area contributed by atoms with Crippen LogP contribution in [0.15, 0.2) is 18.2 Å². The molecule has 2 fully saturated rings. The van der Waals surface area contributed by atoms with Crippen molar-refractivity contribution < 1.29 is 23.6 Å². The maximum atomic E-state index is 13.2. The molecular weight excluding hydrogens is 367 g/mol. The molecule has 0 saturated carbocycles. The Morgan fingerprint density at radius 2 is 2.00 bits per heavy atom. The van der Waals surface area contributed by atoms with E-state index in [1.165, 1.54) is 0 Å². The Balaban J connectivity index is 1.49. The standard InChI is InChI=1S/C19H21FN4O4/c20-11-6-12(22-8-11)9-21-7-10-2-1-3-13-16(10)19(28)24(18(13)27)14-4-5-15(25)23-17(14)26/h1-3,11-12,14,21-22H,4-9H2,(H,23,25,26)/t11-,12+,14?/m1/s1. The van der Waals surface area contributed by atoms with E-state index < -0.39 is 35.8 Å². The van der Waals surface area contributed by atoms with E-state index in [1.54, 1.807) is 18.2 Å². The van der Waals surface area contributed by atoms with Crippen LogP contribution >= 0.6 is 0 Å². The van der Waals surface area contributed by atoms with Gasteiger partial charge in [0.25, 0.3) is 11.8 Å². The average molecular weight is 388 g/mol. The average Bonchev–Trinajstić information content (AvgIpc) is 3.18. The largest absolute Gasteiger partial charge is 0.311 e. The van der Waals surface area contributed by atoms with Gasteiger partial charge in [-0.1, -0.05) is 12.1 Å². The molecule has 3 N–H and O–H groups in total. The number of nitrogens with zero attached hydrogens (tertiary/aromatic N) is 1. The van der Waals surface area contributed by atoms with Gasteiger partial charge in [0.1, 0.15) is 12.2 Å². The summed E-state index contributed by atoms with van der Waals surface area (Å²) in [5.41, 5.74) is 1.20. The Bertz CT molecular complexity index is 858. The van der Waals surface area contributed by atoms with Gasteiger partial charge in [-0.25, -0.2) is 4.39 Å². The van der Waals surface area contributed by atoms with Crippen LogP contribution in [0, 0.1) is 0 Å². The molecule has 2 saturated heterocycles. The number of alkyl halides is 1. The summed E-state index contributed by atoms with van der Waals surface area (Å²) < 4.78 is 13.2. The molecule has 1 aromatic carbocycles. The van der Waals surface area contributed by atoms with Gasteiger partial charge >= 0.3 is 0 Å². The minimum atomic E-state index is -0.977. The molecule has 0 aliphatic carbocycles. The van der Waals surface area contributed by atoms with Crippen molar-refractivity contribution in [3.8, 4) is 0 Å². The van der Waals surface area contributed by atoms with Gasteiger partial charge in [-0.05, 0) is 24.5 Å². The van der Waals surface area contributed by atoms with Crippen LogP contribution in [0.1, 0.15) is 45.5 Å². The zero-order valence-electron chi connectivity index (χ0n) is 15.2. The van der Waals surface area contributed by atoms with E-state index in [9.17, 15) is 23.6 Å². The Morgan fingerprint density at radius 1 is 1.18 bits per heavy atom. The van der Waals surface area contributed by atoms with Gasteiger partial charge in [0.05, 0.1) is 11.1 Å². The van der Waals surface area contributed by atoms with Crippen LogP contribution in [0.25, 0.3) is 0 Å². The molecule has 1 unspecified atom stereocenters. The first-order valence-corrected chi connectivity index (χ1v) is 9.37. The third-order valence-corrected chi connectivity index (χ3v) is 5.43. The quantitative estimate of drug-likeness (QED) is 0.607. The molecule has 0 aromatic heterocycles. The summed E-state index contributed by atoms with van der Waals surface area (Å²) in [5, 5.41) is 8.47. The van der Waals surface area contributed by atoms with E-state index in [-0.39, 0.29) is 30.0 Å². The summed E-state index contributed by atoms with van der Waals surface area (Å²) >= 11 is 0. The lowest BCUT2D eigenvalue weighted by Crippen LogP contribution is -2.54. The van der Waals surface area contributed by atoms with Crippen LogP contribution in [0.4, 0.5) is 4.39 Å². The molecule has 0 bridgehead atoms. The Morgan fingerprint density at radius 3 is 2.71 bits per heavy atom. The van der Waals surface area contributed by atoms with E-state index in [0.29, 0.717) is 31.6 Å². The Hall–Kier alpha value is -2.65. The highest BCUT2D eigenvalue weighted by Gasteiger charge is 2.45. The van der Waals surface area contributed by atoms with Crippen LogP contribution in [0.2, 0.25) is 0 Å². The first-order valence-electron chi connectivity index (χ1n) is 9.37. The van der Waals surface area contributed by atoms with Crippen LogP contribution in [-0.2, 0) is 16.1 Å². The Labute approximate surface area is 160 Å². The van der Waals surface area contributed by atoms with Gasteiger partial charge in [-0.15, -0.1) is 0 Å². The molecule has 148 valence electrons. The maximum absolute atomic E-state index is 13.2. The highest BCUT2D eigenvalue weighted by Crippen LogP contribution is 2.29. The molecule has 1 aromatic rings. The number of rotatable bonds is 5. The second kappa shape index (κ2) is 7.40. The van der Waals surface area contributed by atoms with Crippen LogP contribution in [0.3, 0.4) is 0 Å². The van der Waals surface area contributed by atoms with Gasteiger partial charge in [-0.3, -0.25) is 29.4 Å². The number of halogens is 1. The lowest BCUT2D eigenvalue weighted by atomic mass is 10.0. The van der Waals surface area contributed by atoms with Gasteiger partial charge in [0, 0.05) is 32.1 Å². The van der Waals surface area contributed by atoms with Gasteiger partial charge in [0.15, 0.2) is 0 Å². The smallest absolute Gasteiger partial charge is 0.262 e. The van der Waals surface area contributed by atoms with E-state index in [0.717, 1.165) is 4.90 Å². The van der Waals surface area contributed by atoms with Crippen molar-refractivity contribution in [2.75, 3.05) is 13.1 Å². The minimum Gasteiger partial charge on any atom is -0.311 e. The molecule has 28 heavy (non-hydrogen) atoms. The van der Waals surface area contributed by atoms with Crippen LogP contribution in [0.5, 0.6) is 0 Å². The first-order chi connectivity index (χ1) is 13.5. The summed E-state index contributed by atoms with van der Waals surface area (Å²) in [6.45, 7) is 1.24. The summed E-state index contributed by atoms with van der Waals surface area (Å²) in [7, 11) is 0.